The van der Waals surface area contributed by atoms with Gasteiger partial charge in [-0.15, -0.1) is 0 Å². The van der Waals surface area contributed by atoms with Crippen LogP contribution in [-0.4, -0.2) is 18.6 Å². The summed E-state index contributed by atoms with van der Waals surface area (Å²) in [5.41, 5.74) is 1.70. The monoisotopic (exact) mass is 309 g/mol. The number of fused-ring (bicyclic) bond motifs is 2. The summed E-state index contributed by atoms with van der Waals surface area (Å²) in [7, 11) is 0. The van der Waals surface area contributed by atoms with Crippen molar-refractivity contribution in [3.8, 4) is 0 Å². The van der Waals surface area contributed by atoms with Crippen molar-refractivity contribution in [2.75, 3.05) is 11.9 Å². The van der Waals surface area contributed by atoms with Crippen LogP contribution >= 0.6 is 15.9 Å². The Kier molecular flexibility index (Phi) is 2.94. The van der Waals surface area contributed by atoms with Gasteiger partial charge in [0.25, 0.3) is 0 Å². The Bertz CT molecular complexity index is 503. The summed E-state index contributed by atoms with van der Waals surface area (Å²) in [5.74, 6) is 0.131. The molecule has 0 saturated carbocycles. The lowest BCUT2D eigenvalue weighted by Gasteiger charge is -2.36. The quantitative estimate of drug-likeness (QED) is 0.865. The lowest BCUT2D eigenvalue weighted by Crippen LogP contribution is -2.43. The van der Waals surface area contributed by atoms with Gasteiger partial charge in [0.1, 0.15) is 0 Å². The van der Waals surface area contributed by atoms with Crippen LogP contribution in [-0.2, 0) is 14.9 Å². The molecule has 3 rings (SSSR count). The van der Waals surface area contributed by atoms with E-state index in [0.717, 1.165) is 35.0 Å². The molecular formula is C14H16BrNO2. The maximum atomic E-state index is 12.4. The molecule has 96 valence electrons. The molecule has 0 radical (unpaired) electrons. The summed E-state index contributed by atoms with van der Waals surface area (Å²) >= 11 is 3.51. The van der Waals surface area contributed by atoms with Crippen LogP contribution in [0.5, 0.6) is 0 Å². The number of hydrogen-bond acceptors (Lipinski definition) is 2. The maximum absolute atomic E-state index is 12.4. The second kappa shape index (κ2) is 4.35. The van der Waals surface area contributed by atoms with Crippen molar-refractivity contribution in [2.24, 2.45) is 0 Å². The first-order valence-electron chi connectivity index (χ1n) is 6.39. The number of hydrogen-bond donors (Lipinski definition) is 1. The van der Waals surface area contributed by atoms with Crippen LogP contribution in [0, 0.1) is 0 Å². The molecule has 2 unspecified atom stereocenters. The minimum atomic E-state index is -0.377. The van der Waals surface area contributed by atoms with Crippen molar-refractivity contribution in [2.45, 2.75) is 37.7 Å². The summed E-state index contributed by atoms with van der Waals surface area (Å²) in [6.45, 7) is 2.77. The fourth-order valence-electron chi connectivity index (χ4n) is 3.07. The number of para-hydroxylation sites is 1. The Morgan fingerprint density at radius 1 is 1.56 bits per heavy atom. The van der Waals surface area contributed by atoms with E-state index in [0.29, 0.717) is 6.61 Å². The summed E-state index contributed by atoms with van der Waals surface area (Å²) in [4.78, 5) is 12.4. The SMILES string of the molecule is CCC1CC2(CCO1)C(=O)Nc1c(Br)cccc12. The number of carbonyl (C=O) groups is 1. The van der Waals surface area contributed by atoms with Gasteiger partial charge in [-0.25, -0.2) is 0 Å². The van der Waals surface area contributed by atoms with E-state index in [1.165, 1.54) is 0 Å². The molecule has 18 heavy (non-hydrogen) atoms. The summed E-state index contributed by atoms with van der Waals surface area (Å²) in [5, 5.41) is 3.03. The minimum Gasteiger partial charge on any atom is -0.378 e. The molecule has 1 amide bonds. The molecule has 2 aliphatic rings. The first kappa shape index (κ1) is 12.2. The van der Waals surface area contributed by atoms with E-state index in [1.807, 2.05) is 12.1 Å². The van der Waals surface area contributed by atoms with Gasteiger partial charge in [-0.3, -0.25) is 4.79 Å². The van der Waals surface area contributed by atoms with Gasteiger partial charge in [-0.2, -0.15) is 0 Å². The molecule has 2 heterocycles. The molecule has 1 N–H and O–H groups in total. The molecule has 1 aromatic rings. The van der Waals surface area contributed by atoms with Crippen molar-refractivity contribution in [1.82, 2.24) is 0 Å². The summed E-state index contributed by atoms with van der Waals surface area (Å²) in [6.07, 6.45) is 2.71. The van der Waals surface area contributed by atoms with E-state index in [9.17, 15) is 4.79 Å². The molecule has 2 atom stereocenters. The Balaban J connectivity index is 2.07. The number of nitrogens with one attached hydrogen (secondary N) is 1. The standard InChI is InChI=1S/C14H16BrNO2/c1-2-9-8-14(6-7-18-9)10-4-3-5-11(15)12(10)16-13(14)17/h3-5,9H,2,6-8H2,1H3,(H,16,17). The topological polar surface area (TPSA) is 38.3 Å². The Morgan fingerprint density at radius 3 is 3.17 bits per heavy atom. The Hall–Kier alpha value is -0.870. The molecule has 0 aliphatic carbocycles. The highest BCUT2D eigenvalue weighted by atomic mass is 79.9. The second-order valence-electron chi connectivity index (χ2n) is 5.05. The third kappa shape index (κ3) is 1.62. The van der Waals surface area contributed by atoms with Crippen molar-refractivity contribution in [3.05, 3.63) is 28.2 Å². The number of amides is 1. The molecule has 2 aliphatic heterocycles. The lowest BCUT2D eigenvalue weighted by atomic mass is 9.73. The van der Waals surface area contributed by atoms with E-state index in [-0.39, 0.29) is 17.4 Å². The van der Waals surface area contributed by atoms with Gasteiger partial charge >= 0.3 is 0 Å². The van der Waals surface area contributed by atoms with Crippen LogP contribution in [0.2, 0.25) is 0 Å². The normalized spacial score (nSPS) is 30.3. The summed E-state index contributed by atoms with van der Waals surface area (Å²) in [6, 6.07) is 6.03. The van der Waals surface area contributed by atoms with Gasteiger partial charge in [0.15, 0.2) is 0 Å². The average Bonchev–Trinajstić information content (AvgIpc) is 2.65. The minimum absolute atomic E-state index is 0.131. The number of ether oxygens (including phenoxy) is 1. The molecule has 1 aromatic carbocycles. The summed E-state index contributed by atoms with van der Waals surface area (Å²) < 4.78 is 6.68. The van der Waals surface area contributed by atoms with Gasteiger partial charge < -0.3 is 10.1 Å². The number of carbonyl (C=O) groups excluding carboxylic acids is 1. The molecule has 1 fully saturated rings. The Labute approximate surface area is 115 Å². The van der Waals surface area contributed by atoms with E-state index in [2.05, 4.69) is 34.2 Å². The molecule has 0 bridgehead atoms. The zero-order valence-electron chi connectivity index (χ0n) is 10.3. The predicted octanol–water partition coefficient (Wildman–Crippen LogP) is 3.23. The number of halogens is 1. The molecule has 1 saturated heterocycles. The van der Waals surface area contributed by atoms with Gasteiger partial charge in [0.05, 0.1) is 17.2 Å². The zero-order chi connectivity index (χ0) is 12.8. The van der Waals surface area contributed by atoms with Crippen molar-refractivity contribution in [1.29, 1.82) is 0 Å². The van der Waals surface area contributed by atoms with Crippen LogP contribution < -0.4 is 5.32 Å². The number of rotatable bonds is 1. The molecular weight excluding hydrogens is 294 g/mol. The van der Waals surface area contributed by atoms with Crippen molar-refractivity contribution in [3.63, 3.8) is 0 Å². The first-order valence-corrected chi connectivity index (χ1v) is 7.19. The van der Waals surface area contributed by atoms with Crippen LogP contribution in [0.15, 0.2) is 22.7 Å². The van der Waals surface area contributed by atoms with Gasteiger partial charge in [0, 0.05) is 11.1 Å². The first-order chi connectivity index (χ1) is 8.67. The van der Waals surface area contributed by atoms with Crippen molar-refractivity contribution >= 4 is 27.5 Å². The zero-order valence-corrected chi connectivity index (χ0v) is 11.9. The predicted molar refractivity (Wildman–Crippen MR) is 73.7 cm³/mol. The third-order valence-electron chi connectivity index (χ3n) is 4.12. The number of anilines is 1. The number of benzene rings is 1. The third-order valence-corrected chi connectivity index (χ3v) is 4.78. The molecule has 0 aromatic heterocycles. The maximum Gasteiger partial charge on any atom is 0.235 e. The largest absolute Gasteiger partial charge is 0.378 e. The van der Waals surface area contributed by atoms with Crippen LogP contribution in [0.1, 0.15) is 31.7 Å². The smallest absolute Gasteiger partial charge is 0.235 e. The van der Waals surface area contributed by atoms with E-state index in [1.54, 1.807) is 0 Å². The van der Waals surface area contributed by atoms with Gasteiger partial charge in [-0.1, -0.05) is 19.1 Å². The van der Waals surface area contributed by atoms with Crippen LogP contribution in [0.3, 0.4) is 0 Å². The highest BCUT2D eigenvalue weighted by Gasteiger charge is 2.50. The molecule has 1 spiro atoms. The second-order valence-corrected chi connectivity index (χ2v) is 5.91. The van der Waals surface area contributed by atoms with Crippen LogP contribution in [0.4, 0.5) is 5.69 Å². The molecule has 3 nitrogen and oxygen atoms in total. The van der Waals surface area contributed by atoms with E-state index >= 15 is 0 Å². The lowest BCUT2D eigenvalue weighted by molar-refractivity contribution is -0.126. The highest BCUT2D eigenvalue weighted by Crippen LogP contribution is 2.48. The van der Waals surface area contributed by atoms with E-state index < -0.39 is 0 Å². The van der Waals surface area contributed by atoms with Gasteiger partial charge in [-0.05, 0) is 46.8 Å². The average molecular weight is 310 g/mol. The highest BCUT2D eigenvalue weighted by molar-refractivity contribution is 9.10. The fourth-order valence-corrected chi connectivity index (χ4v) is 3.53. The molecule has 4 heteroatoms. The van der Waals surface area contributed by atoms with Gasteiger partial charge in [0.2, 0.25) is 5.91 Å². The van der Waals surface area contributed by atoms with Crippen molar-refractivity contribution < 1.29 is 9.53 Å². The van der Waals surface area contributed by atoms with Crippen LogP contribution in [0.25, 0.3) is 0 Å². The fraction of sp³-hybridized carbons (Fsp3) is 0.500. The van der Waals surface area contributed by atoms with E-state index in [4.69, 9.17) is 4.74 Å². The Morgan fingerprint density at radius 2 is 2.39 bits per heavy atom.